The van der Waals surface area contributed by atoms with Crippen molar-refractivity contribution in [3.63, 3.8) is 0 Å². The van der Waals surface area contributed by atoms with Crippen LogP contribution in [0.3, 0.4) is 0 Å². The minimum absolute atomic E-state index is 0.121. The van der Waals surface area contributed by atoms with E-state index in [4.69, 9.17) is 4.74 Å². The van der Waals surface area contributed by atoms with Crippen LogP contribution >= 0.6 is 0 Å². The topological polar surface area (TPSA) is 96.5 Å². The smallest absolute Gasteiger partial charge is 0.407 e. The average Bonchev–Trinajstić information content (AvgIpc) is 2.70. The lowest BCUT2D eigenvalue weighted by molar-refractivity contribution is -0.121. The number of aryl methyl sites for hydroxylation is 1. The highest BCUT2D eigenvalue weighted by Gasteiger charge is 2.15. The highest BCUT2D eigenvalue weighted by Crippen LogP contribution is 2.12. The van der Waals surface area contributed by atoms with Crippen LogP contribution in [0, 0.1) is 5.82 Å². The van der Waals surface area contributed by atoms with Gasteiger partial charge in [0.2, 0.25) is 11.8 Å². The maximum absolute atomic E-state index is 13.2. The van der Waals surface area contributed by atoms with Crippen molar-refractivity contribution in [3.05, 3.63) is 65.5 Å². The first kappa shape index (κ1) is 24.8. The molecular formula is C24H30FN3O4. The fourth-order valence-electron chi connectivity index (χ4n) is 2.81. The zero-order valence-corrected chi connectivity index (χ0v) is 18.7. The highest BCUT2D eigenvalue weighted by atomic mass is 19.1. The van der Waals surface area contributed by atoms with E-state index in [1.165, 1.54) is 12.1 Å². The molecule has 0 radical (unpaired) electrons. The van der Waals surface area contributed by atoms with Crippen LogP contribution in [-0.2, 0) is 27.3 Å². The first-order valence-corrected chi connectivity index (χ1v) is 10.5. The summed E-state index contributed by atoms with van der Waals surface area (Å²) in [5, 5.41) is 8.12. The monoisotopic (exact) mass is 443 g/mol. The number of hydrogen-bond donors (Lipinski definition) is 3. The summed E-state index contributed by atoms with van der Waals surface area (Å²) in [4.78, 5) is 35.7. The van der Waals surface area contributed by atoms with Crippen LogP contribution in [0.5, 0.6) is 0 Å². The molecule has 0 atom stereocenters. The third kappa shape index (κ3) is 10.1. The molecule has 0 aliphatic carbocycles. The van der Waals surface area contributed by atoms with Gasteiger partial charge >= 0.3 is 6.09 Å². The van der Waals surface area contributed by atoms with Crippen molar-refractivity contribution in [2.24, 2.45) is 0 Å². The maximum Gasteiger partial charge on any atom is 0.407 e. The van der Waals surface area contributed by atoms with Gasteiger partial charge in [-0.1, -0.05) is 24.3 Å². The average molecular weight is 444 g/mol. The van der Waals surface area contributed by atoms with E-state index in [1.807, 2.05) is 6.07 Å². The third-order valence-corrected chi connectivity index (χ3v) is 4.25. The number of halogens is 1. The summed E-state index contributed by atoms with van der Waals surface area (Å²) in [6.45, 7) is 5.75. The Labute approximate surface area is 187 Å². The standard InChI is InChI=1S/C24H30FN3O4/c1-24(2,3)32-23(31)26-13-12-21(29)27-16-18-7-5-9-20(15-18)28-22(30)11-10-17-6-4-8-19(25)14-17/h4-9,14-15H,10-13,16H2,1-3H3,(H,26,31)(H,27,29)(H,28,30). The molecule has 0 bridgehead atoms. The lowest BCUT2D eigenvalue weighted by Gasteiger charge is -2.19. The molecule has 2 aromatic carbocycles. The second kappa shape index (κ2) is 11.8. The van der Waals surface area contributed by atoms with Gasteiger partial charge in [0, 0.05) is 31.6 Å². The molecule has 7 nitrogen and oxygen atoms in total. The van der Waals surface area contributed by atoms with Crippen molar-refractivity contribution in [2.75, 3.05) is 11.9 Å². The molecule has 2 aromatic rings. The quantitative estimate of drug-likeness (QED) is 0.547. The molecule has 0 saturated carbocycles. The Morgan fingerprint density at radius 1 is 0.906 bits per heavy atom. The van der Waals surface area contributed by atoms with E-state index in [0.29, 0.717) is 12.1 Å². The number of anilines is 1. The maximum atomic E-state index is 13.2. The van der Waals surface area contributed by atoms with Crippen LogP contribution in [0.1, 0.15) is 44.7 Å². The number of rotatable bonds is 9. The zero-order valence-electron chi connectivity index (χ0n) is 18.7. The number of alkyl carbamates (subject to hydrolysis) is 1. The molecule has 0 aliphatic rings. The first-order valence-electron chi connectivity index (χ1n) is 10.5. The molecule has 0 saturated heterocycles. The Morgan fingerprint density at radius 3 is 2.34 bits per heavy atom. The number of amides is 3. The number of carbonyl (C=O) groups is 3. The van der Waals surface area contributed by atoms with Crippen LogP contribution in [0.25, 0.3) is 0 Å². The lowest BCUT2D eigenvalue weighted by Crippen LogP contribution is -2.35. The van der Waals surface area contributed by atoms with E-state index in [2.05, 4.69) is 16.0 Å². The molecule has 3 N–H and O–H groups in total. The van der Waals surface area contributed by atoms with Crippen LogP contribution in [0.4, 0.5) is 14.9 Å². The Bertz CT molecular complexity index is 941. The minimum Gasteiger partial charge on any atom is -0.444 e. The molecule has 8 heteroatoms. The van der Waals surface area contributed by atoms with E-state index < -0.39 is 11.7 Å². The summed E-state index contributed by atoms with van der Waals surface area (Å²) in [7, 11) is 0. The second-order valence-electron chi connectivity index (χ2n) is 8.33. The van der Waals surface area contributed by atoms with Crippen molar-refractivity contribution in [2.45, 2.75) is 52.2 Å². The van der Waals surface area contributed by atoms with Gasteiger partial charge in [-0.2, -0.15) is 0 Å². The molecule has 0 unspecified atom stereocenters. The van der Waals surface area contributed by atoms with E-state index >= 15 is 0 Å². The molecule has 0 heterocycles. The molecule has 3 amide bonds. The van der Waals surface area contributed by atoms with E-state index in [0.717, 1.165) is 11.1 Å². The minimum atomic E-state index is -0.591. The van der Waals surface area contributed by atoms with Gasteiger partial charge in [0.1, 0.15) is 11.4 Å². The van der Waals surface area contributed by atoms with Crippen molar-refractivity contribution in [3.8, 4) is 0 Å². The van der Waals surface area contributed by atoms with Gasteiger partial charge < -0.3 is 20.7 Å². The predicted octanol–water partition coefficient (Wildman–Crippen LogP) is 3.93. The lowest BCUT2D eigenvalue weighted by atomic mass is 10.1. The summed E-state index contributed by atoms with van der Waals surface area (Å²) in [6.07, 6.45) is 0.229. The molecule has 0 fully saturated rings. The largest absolute Gasteiger partial charge is 0.444 e. The SMILES string of the molecule is CC(C)(C)OC(=O)NCCC(=O)NCc1cccc(NC(=O)CCc2cccc(F)c2)c1. The van der Waals surface area contributed by atoms with Crippen molar-refractivity contribution in [1.29, 1.82) is 0 Å². The van der Waals surface area contributed by atoms with Crippen LogP contribution in [0.2, 0.25) is 0 Å². The van der Waals surface area contributed by atoms with Crippen LogP contribution < -0.4 is 16.0 Å². The van der Waals surface area contributed by atoms with Crippen LogP contribution in [0.15, 0.2) is 48.5 Å². The number of benzene rings is 2. The van der Waals surface area contributed by atoms with E-state index in [1.54, 1.807) is 51.1 Å². The molecular weight excluding hydrogens is 413 g/mol. The second-order valence-corrected chi connectivity index (χ2v) is 8.33. The predicted molar refractivity (Wildman–Crippen MR) is 120 cm³/mol. The van der Waals surface area contributed by atoms with Crippen molar-refractivity contribution >= 4 is 23.6 Å². The Hall–Kier alpha value is -3.42. The molecule has 172 valence electrons. The Morgan fingerprint density at radius 2 is 1.62 bits per heavy atom. The fourth-order valence-corrected chi connectivity index (χ4v) is 2.81. The molecule has 2 rings (SSSR count). The van der Waals surface area contributed by atoms with Gasteiger partial charge in [0.05, 0.1) is 0 Å². The fraction of sp³-hybridized carbons (Fsp3) is 0.375. The first-order chi connectivity index (χ1) is 15.1. The van der Waals surface area contributed by atoms with Gasteiger partial charge in [0.15, 0.2) is 0 Å². The normalized spacial score (nSPS) is 10.9. The summed E-state index contributed by atoms with van der Waals surface area (Å²) in [6, 6.07) is 13.3. The Kier molecular flexibility index (Phi) is 9.19. The summed E-state index contributed by atoms with van der Waals surface area (Å²) in [5.74, 6) is -0.715. The van der Waals surface area contributed by atoms with Gasteiger partial charge in [-0.15, -0.1) is 0 Å². The summed E-state index contributed by atoms with van der Waals surface area (Å²) < 4.78 is 18.3. The van der Waals surface area contributed by atoms with E-state index in [-0.39, 0.29) is 43.6 Å². The van der Waals surface area contributed by atoms with Crippen molar-refractivity contribution in [1.82, 2.24) is 10.6 Å². The van der Waals surface area contributed by atoms with Gasteiger partial charge in [0.25, 0.3) is 0 Å². The van der Waals surface area contributed by atoms with Crippen LogP contribution in [-0.4, -0.2) is 30.1 Å². The summed E-state index contributed by atoms with van der Waals surface area (Å²) >= 11 is 0. The number of ether oxygens (including phenoxy) is 1. The molecule has 0 spiro atoms. The third-order valence-electron chi connectivity index (χ3n) is 4.25. The molecule has 32 heavy (non-hydrogen) atoms. The summed E-state index contributed by atoms with van der Waals surface area (Å²) in [5.41, 5.74) is 1.61. The molecule has 0 aromatic heterocycles. The van der Waals surface area contributed by atoms with E-state index in [9.17, 15) is 18.8 Å². The van der Waals surface area contributed by atoms with Gasteiger partial charge in [-0.25, -0.2) is 9.18 Å². The number of hydrogen-bond acceptors (Lipinski definition) is 4. The number of carbonyl (C=O) groups excluding carboxylic acids is 3. The highest BCUT2D eigenvalue weighted by molar-refractivity contribution is 5.90. The van der Waals surface area contributed by atoms with Crippen molar-refractivity contribution < 1.29 is 23.5 Å². The molecule has 0 aliphatic heterocycles. The number of nitrogens with one attached hydrogen (secondary N) is 3. The van der Waals surface area contributed by atoms with Gasteiger partial charge in [-0.3, -0.25) is 9.59 Å². The zero-order chi connectivity index (χ0) is 23.6. The van der Waals surface area contributed by atoms with Gasteiger partial charge in [-0.05, 0) is 62.6 Å². The Balaban J connectivity index is 1.72.